The Morgan fingerprint density at radius 1 is 1.47 bits per heavy atom. The molecule has 5 nitrogen and oxygen atoms in total. The predicted octanol–water partition coefficient (Wildman–Crippen LogP) is 1.89. The van der Waals surface area contributed by atoms with E-state index in [0.717, 1.165) is 0 Å². The molecule has 0 saturated heterocycles. The van der Waals surface area contributed by atoms with Crippen molar-refractivity contribution in [2.24, 2.45) is 0 Å². The highest BCUT2D eigenvalue weighted by molar-refractivity contribution is 8.01. The molecule has 0 heterocycles. The van der Waals surface area contributed by atoms with Gasteiger partial charge in [0.05, 0.1) is 17.6 Å². The highest BCUT2D eigenvalue weighted by Gasteiger charge is 2.15. The summed E-state index contributed by atoms with van der Waals surface area (Å²) in [6, 6.07) is 6.95. The topological polar surface area (TPSA) is 81.4 Å². The van der Waals surface area contributed by atoms with Gasteiger partial charge in [-0.15, -0.1) is 11.8 Å². The van der Waals surface area contributed by atoms with E-state index in [1.807, 2.05) is 0 Å². The Hall–Kier alpha value is -1.69. The maximum absolute atomic E-state index is 11.9. The van der Waals surface area contributed by atoms with Gasteiger partial charge in [-0.25, -0.2) is 0 Å². The van der Waals surface area contributed by atoms with Crippen molar-refractivity contribution in [3.63, 3.8) is 0 Å². The van der Waals surface area contributed by atoms with E-state index in [-0.39, 0.29) is 22.9 Å². The molecule has 0 saturated carbocycles. The first kappa shape index (κ1) is 15.4. The molecule has 0 aliphatic carbocycles. The van der Waals surface area contributed by atoms with Gasteiger partial charge < -0.3 is 15.8 Å². The van der Waals surface area contributed by atoms with Crippen LogP contribution in [0.15, 0.2) is 24.3 Å². The van der Waals surface area contributed by atoms with Gasteiger partial charge in [-0.05, 0) is 32.0 Å². The van der Waals surface area contributed by atoms with E-state index in [2.05, 4.69) is 5.32 Å². The summed E-state index contributed by atoms with van der Waals surface area (Å²) in [5.41, 5.74) is 6.86. The van der Waals surface area contributed by atoms with Crippen molar-refractivity contribution in [3.05, 3.63) is 24.3 Å². The lowest BCUT2D eigenvalue weighted by atomic mass is 10.3. The molecule has 0 fully saturated rings. The summed E-state index contributed by atoms with van der Waals surface area (Å²) in [6.45, 7) is 3.84. The monoisotopic (exact) mass is 282 g/mol. The van der Waals surface area contributed by atoms with Crippen LogP contribution in [0.5, 0.6) is 0 Å². The minimum Gasteiger partial charge on any atom is -0.465 e. The number of benzene rings is 1. The predicted molar refractivity (Wildman–Crippen MR) is 78.0 cm³/mol. The fourth-order valence-corrected chi connectivity index (χ4v) is 2.01. The van der Waals surface area contributed by atoms with Crippen LogP contribution in [0.4, 0.5) is 11.4 Å². The Morgan fingerprint density at radius 3 is 2.84 bits per heavy atom. The Labute approximate surface area is 116 Å². The highest BCUT2D eigenvalue weighted by Crippen LogP contribution is 2.16. The van der Waals surface area contributed by atoms with E-state index >= 15 is 0 Å². The molecule has 0 bridgehead atoms. The van der Waals surface area contributed by atoms with Gasteiger partial charge in [0.2, 0.25) is 5.91 Å². The summed E-state index contributed by atoms with van der Waals surface area (Å²) in [7, 11) is 0. The molecule has 0 aromatic heterocycles. The molecule has 1 atom stereocenters. The van der Waals surface area contributed by atoms with E-state index in [4.69, 9.17) is 10.5 Å². The molecule has 1 unspecified atom stereocenters. The Bertz CT molecular complexity index is 451. The number of esters is 1. The first-order chi connectivity index (χ1) is 9.02. The zero-order valence-electron chi connectivity index (χ0n) is 11.0. The van der Waals surface area contributed by atoms with Crippen LogP contribution in [0.25, 0.3) is 0 Å². The fraction of sp³-hybridized carbons (Fsp3) is 0.385. The SMILES string of the molecule is CCOC(=O)CSC(C)C(=O)Nc1cccc(N)c1. The average molecular weight is 282 g/mol. The maximum Gasteiger partial charge on any atom is 0.315 e. The van der Waals surface area contributed by atoms with Crippen molar-refractivity contribution in [1.29, 1.82) is 0 Å². The highest BCUT2D eigenvalue weighted by atomic mass is 32.2. The number of nitrogens with two attached hydrogens (primary N) is 1. The first-order valence-corrected chi connectivity index (χ1v) is 7.01. The lowest BCUT2D eigenvalue weighted by Gasteiger charge is -2.11. The Balaban J connectivity index is 2.42. The number of nitrogens with one attached hydrogen (secondary N) is 1. The van der Waals surface area contributed by atoms with Crippen LogP contribution < -0.4 is 11.1 Å². The van der Waals surface area contributed by atoms with Gasteiger partial charge >= 0.3 is 5.97 Å². The van der Waals surface area contributed by atoms with E-state index in [1.165, 1.54) is 11.8 Å². The number of hydrogen-bond donors (Lipinski definition) is 2. The van der Waals surface area contributed by atoms with Crippen molar-refractivity contribution < 1.29 is 14.3 Å². The maximum atomic E-state index is 11.9. The van der Waals surface area contributed by atoms with E-state index in [1.54, 1.807) is 38.1 Å². The van der Waals surface area contributed by atoms with Crippen LogP contribution in [0.2, 0.25) is 0 Å². The second kappa shape index (κ2) is 7.68. The van der Waals surface area contributed by atoms with E-state index in [0.29, 0.717) is 18.0 Å². The number of ether oxygens (including phenoxy) is 1. The first-order valence-electron chi connectivity index (χ1n) is 5.96. The summed E-state index contributed by atoms with van der Waals surface area (Å²) in [5.74, 6) is -0.310. The largest absolute Gasteiger partial charge is 0.465 e. The van der Waals surface area contributed by atoms with E-state index < -0.39 is 0 Å². The third-order valence-corrected chi connectivity index (χ3v) is 3.40. The molecule has 1 rings (SSSR count). The van der Waals surface area contributed by atoms with Crippen LogP contribution >= 0.6 is 11.8 Å². The van der Waals surface area contributed by atoms with Gasteiger partial charge in [0.25, 0.3) is 0 Å². The molecule has 0 radical (unpaired) electrons. The lowest BCUT2D eigenvalue weighted by molar-refractivity contribution is -0.139. The summed E-state index contributed by atoms with van der Waals surface area (Å²) in [6.07, 6.45) is 0. The molecule has 104 valence electrons. The van der Waals surface area contributed by atoms with Crippen molar-refractivity contribution in [1.82, 2.24) is 0 Å². The van der Waals surface area contributed by atoms with Gasteiger partial charge in [-0.1, -0.05) is 6.07 Å². The third kappa shape index (κ3) is 5.65. The second-order valence-electron chi connectivity index (χ2n) is 3.87. The smallest absolute Gasteiger partial charge is 0.315 e. The molecule has 1 aromatic carbocycles. The molecule has 1 aromatic rings. The van der Waals surface area contributed by atoms with Crippen molar-refractivity contribution in [2.45, 2.75) is 19.1 Å². The van der Waals surface area contributed by atoms with Gasteiger partial charge in [0.1, 0.15) is 0 Å². The molecule has 0 aliphatic heterocycles. The fourth-order valence-electron chi connectivity index (χ4n) is 1.33. The number of thioether (sulfide) groups is 1. The molecule has 3 N–H and O–H groups in total. The van der Waals surface area contributed by atoms with Crippen LogP contribution in [0, 0.1) is 0 Å². The zero-order valence-corrected chi connectivity index (χ0v) is 11.8. The van der Waals surface area contributed by atoms with Gasteiger partial charge in [0, 0.05) is 11.4 Å². The standard InChI is InChI=1S/C13H18N2O3S/c1-3-18-12(16)8-19-9(2)13(17)15-11-6-4-5-10(14)7-11/h4-7,9H,3,8,14H2,1-2H3,(H,15,17). The van der Waals surface area contributed by atoms with Crippen molar-refractivity contribution in [2.75, 3.05) is 23.4 Å². The third-order valence-electron chi connectivity index (χ3n) is 2.28. The number of rotatable bonds is 6. The normalized spacial score (nSPS) is 11.7. The number of hydrogen-bond acceptors (Lipinski definition) is 5. The molecule has 1 amide bonds. The molecule has 6 heteroatoms. The summed E-state index contributed by atoms with van der Waals surface area (Å²) < 4.78 is 4.80. The molecule has 0 aliphatic rings. The lowest BCUT2D eigenvalue weighted by Crippen LogP contribution is -2.24. The van der Waals surface area contributed by atoms with Crippen molar-refractivity contribution >= 4 is 35.0 Å². The number of carbonyl (C=O) groups excluding carboxylic acids is 2. The Morgan fingerprint density at radius 2 is 2.21 bits per heavy atom. The number of carbonyl (C=O) groups is 2. The minimum atomic E-state index is -0.342. The molecule has 19 heavy (non-hydrogen) atoms. The average Bonchev–Trinajstić information content (AvgIpc) is 2.36. The summed E-state index contributed by atoms with van der Waals surface area (Å²) >= 11 is 1.24. The number of anilines is 2. The second-order valence-corrected chi connectivity index (χ2v) is 5.20. The Kier molecular flexibility index (Phi) is 6.21. The van der Waals surface area contributed by atoms with Crippen LogP contribution in [0.1, 0.15) is 13.8 Å². The number of amides is 1. The summed E-state index contributed by atoms with van der Waals surface area (Å²) in [5, 5.41) is 2.40. The van der Waals surface area contributed by atoms with Crippen LogP contribution in [0.3, 0.4) is 0 Å². The summed E-state index contributed by atoms with van der Waals surface area (Å²) in [4.78, 5) is 23.1. The number of nitrogen functional groups attached to an aromatic ring is 1. The van der Waals surface area contributed by atoms with Crippen molar-refractivity contribution in [3.8, 4) is 0 Å². The van der Waals surface area contributed by atoms with Gasteiger partial charge in [-0.2, -0.15) is 0 Å². The molecule has 0 spiro atoms. The molecular formula is C13H18N2O3S. The molecular weight excluding hydrogens is 264 g/mol. The minimum absolute atomic E-state index is 0.166. The van der Waals surface area contributed by atoms with Gasteiger partial charge in [0.15, 0.2) is 0 Å². The van der Waals surface area contributed by atoms with E-state index in [9.17, 15) is 9.59 Å². The van der Waals surface area contributed by atoms with Crippen LogP contribution in [-0.2, 0) is 14.3 Å². The van der Waals surface area contributed by atoms with Crippen LogP contribution in [-0.4, -0.2) is 29.5 Å². The zero-order chi connectivity index (χ0) is 14.3. The quantitative estimate of drug-likeness (QED) is 0.615. The van der Waals surface area contributed by atoms with Gasteiger partial charge in [-0.3, -0.25) is 9.59 Å².